The quantitative estimate of drug-likeness (QED) is 0.242. The molecule has 12 heteroatoms. The molecule has 12 nitrogen and oxygen atoms in total. The molecule has 3 aromatic rings. The molecule has 40 heavy (non-hydrogen) atoms. The van der Waals surface area contributed by atoms with Crippen molar-refractivity contribution in [3.63, 3.8) is 0 Å². The summed E-state index contributed by atoms with van der Waals surface area (Å²) in [7, 11) is 2.66. The summed E-state index contributed by atoms with van der Waals surface area (Å²) >= 11 is 0. The molecule has 2 heterocycles. The number of epoxide rings is 1. The van der Waals surface area contributed by atoms with Crippen molar-refractivity contribution < 1.29 is 57.1 Å². The molecule has 0 N–H and O–H groups in total. The normalized spacial score (nSPS) is 21.5. The van der Waals surface area contributed by atoms with Gasteiger partial charge >= 0.3 is 23.7 Å². The van der Waals surface area contributed by atoms with E-state index in [2.05, 4.69) is 0 Å². The highest BCUT2D eigenvalue weighted by Gasteiger charge is 2.70. The standard InChI is InChI=1S/C28H22O12/c1-13(29)35-15-7-9-18-22-14(15)5-4-6-17(22)39-28(40-18)24-19(37-21(31)12-34-3)10-8-16(36-20(30)11-33-2)23(24)25(32)26-27(28)38-26/h4-10,26-27H,11-12H2,1-3H3/t26-,27-,28?/m1/s1. The van der Waals surface area contributed by atoms with Gasteiger partial charge in [0.2, 0.25) is 0 Å². The van der Waals surface area contributed by atoms with Gasteiger partial charge in [-0.1, -0.05) is 12.1 Å². The van der Waals surface area contributed by atoms with Gasteiger partial charge in [0.05, 0.1) is 16.5 Å². The van der Waals surface area contributed by atoms with E-state index in [0.717, 1.165) is 0 Å². The first-order valence-corrected chi connectivity index (χ1v) is 12.2. The number of Topliss-reactive ketones (excluding diaryl/α,β-unsaturated/α-hetero) is 1. The molecule has 206 valence electrons. The zero-order valence-electron chi connectivity index (χ0n) is 21.5. The van der Waals surface area contributed by atoms with Crippen LogP contribution in [-0.2, 0) is 34.4 Å². The molecule has 2 aliphatic heterocycles. The second-order valence-electron chi connectivity index (χ2n) is 9.17. The lowest BCUT2D eigenvalue weighted by atomic mass is 9.83. The van der Waals surface area contributed by atoms with Gasteiger partial charge < -0.3 is 37.9 Å². The summed E-state index contributed by atoms with van der Waals surface area (Å²) in [5.41, 5.74) is -0.0896. The van der Waals surface area contributed by atoms with Crippen molar-refractivity contribution in [2.75, 3.05) is 27.4 Å². The number of hydrogen-bond donors (Lipinski definition) is 0. The van der Waals surface area contributed by atoms with Crippen LogP contribution in [0, 0.1) is 0 Å². The van der Waals surface area contributed by atoms with Crippen molar-refractivity contribution in [2.45, 2.75) is 24.9 Å². The minimum absolute atomic E-state index is 0.00938. The molecule has 6 rings (SSSR count). The summed E-state index contributed by atoms with van der Waals surface area (Å²) in [4.78, 5) is 50.0. The molecule has 3 atom stereocenters. The SMILES string of the molecule is COCC(=O)Oc1ccc(OC(=O)COC)c2c1C(=O)[C@H]1O[C@H]1C21Oc2cccc3c(OC(C)=O)ccc(c23)O1. The predicted molar refractivity (Wildman–Crippen MR) is 133 cm³/mol. The van der Waals surface area contributed by atoms with Crippen LogP contribution >= 0.6 is 0 Å². The Kier molecular flexibility index (Phi) is 6.17. The average molecular weight is 550 g/mol. The van der Waals surface area contributed by atoms with Crippen LogP contribution in [0.25, 0.3) is 10.8 Å². The van der Waals surface area contributed by atoms with E-state index in [4.69, 9.17) is 37.9 Å². The fourth-order valence-electron chi connectivity index (χ4n) is 5.05. The second kappa shape index (κ2) is 9.59. The van der Waals surface area contributed by atoms with Gasteiger partial charge in [0.25, 0.3) is 0 Å². The van der Waals surface area contributed by atoms with E-state index in [1.54, 1.807) is 30.3 Å². The highest BCUT2D eigenvalue weighted by atomic mass is 16.8. The molecule has 1 spiro atoms. The topological polar surface area (TPSA) is 145 Å². The van der Waals surface area contributed by atoms with Gasteiger partial charge in [0.1, 0.15) is 42.0 Å². The monoisotopic (exact) mass is 550 g/mol. The van der Waals surface area contributed by atoms with Crippen LogP contribution in [0.3, 0.4) is 0 Å². The van der Waals surface area contributed by atoms with E-state index in [0.29, 0.717) is 28.0 Å². The molecule has 3 aromatic carbocycles. The van der Waals surface area contributed by atoms with E-state index in [1.807, 2.05) is 0 Å². The van der Waals surface area contributed by atoms with Gasteiger partial charge in [-0.15, -0.1) is 0 Å². The lowest BCUT2D eigenvalue weighted by Crippen LogP contribution is -2.51. The Morgan fingerprint density at radius 3 is 2.12 bits per heavy atom. The van der Waals surface area contributed by atoms with Gasteiger partial charge in [-0.2, -0.15) is 0 Å². The second-order valence-corrected chi connectivity index (χ2v) is 9.17. The van der Waals surface area contributed by atoms with Crippen molar-refractivity contribution in [3.05, 3.63) is 53.6 Å². The van der Waals surface area contributed by atoms with E-state index in [9.17, 15) is 19.2 Å². The maximum Gasteiger partial charge on any atom is 0.337 e. The van der Waals surface area contributed by atoms with Crippen LogP contribution < -0.4 is 23.7 Å². The first-order valence-electron chi connectivity index (χ1n) is 12.2. The predicted octanol–water partition coefficient (Wildman–Crippen LogP) is 2.46. The van der Waals surface area contributed by atoms with Gasteiger partial charge in [-0.05, 0) is 30.3 Å². The van der Waals surface area contributed by atoms with Gasteiger partial charge in [0.15, 0.2) is 18.0 Å². The minimum Gasteiger partial charge on any atom is -0.445 e. The zero-order chi connectivity index (χ0) is 28.2. The Balaban J connectivity index is 1.54. The van der Waals surface area contributed by atoms with Crippen molar-refractivity contribution in [1.29, 1.82) is 0 Å². The largest absolute Gasteiger partial charge is 0.445 e. The first-order chi connectivity index (χ1) is 19.3. The fraction of sp³-hybridized carbons (Fsp3) is 0.286. The van der Waals surface area contributed by atoms with E-state index in [-0.39, 0.29) is 35.8 Å². The van der Waals surface area contributed by atoms with Crippen LogP contribution in [0.1, 0.15) is 22.8 Å². The third-order valence-corrected chi connectivity index (χ3v) is 6.52. The smallest absolute Gasteiger partial charge is 0.337 e. The molecular weight excluding hydrogens is 528 g/mol. The van der Waals surface area contributed by atoms with Crippen molar-refractivity contribution >= 4 is 34.5 Å². The maximum atomic E-state index is 13.5. The molecule has 3 aliphatic rings. The molecule has 1 unspecified atom stereocenters. The Labute approximate surface area is 226 Å². The highest BCUT2D eigenvalue weighted by Crippen LogP contribution is 2.58. The summed E-state index contributed by atoms with van der Waals surface area (Å²) in [6.07, 6.45) is -1.90. The summed E-state index contributed by atoms with van der Waals surface area (Å²) in [6.45, 7) is 0.557. The number of hydrogen-bond acceptors (Lipinski definition) is 12. The Hall–Kier alpha value is -4.52. The molecule has 0 saturated carbocycles. The van der Waals surface area contributed by atoms with Gasteiger partial charge in [-0.25, -0.2) is 9.59 Å². The van der Waals surface area contributed by atoms with Gasteiger partial charge in [-0.3, -0.25) is 9.59 Å². The number of esters is 3. The highest BCUT2D eigenvalue weighted by molar-refractivity contribution is 6.08. The van der Waals surface area contributed by atoms with Crippen molar-refractivity contribution in [1.82, 2.24) is 0 Å². The Morgan fingerprint density at radius 1 is 0.825 bits per heavy atom. The zero-order valence-corrected chi connectivity index (χ0v) is 21.5. The lowest BCUT2D eigenvalue weighted by Gasteiger charge is -2.40. The number of fused-ring (bicyclic) bond motifs is 4. The summed E-state index contributed by atoms with van der Waals surface area (Å²) in [5, 5.41) is 1.07. The summed E-state index contributed by atoms with van der Waals surface area (Å²) in [6, 6.07) is 11.0. The molecule has 1 fully saturated rings. The lowest BCUT2D eigenvalue weighted by molar-refractivity contribution is -0.149. The van der Waals surface area contributed by atoms with Crippen molar-refractivity contribution in [3.8, 4) is 28.7 Å². The molecule has 0 amide bonds. The van der Waals surface area contributed by atoms with E-state index in [1.165, 1.54) is 33.3 Å². The Bertz CT molecular complexity index is 1580. The van der Waals surface area contributed by atoms with E-state index < -0.39 is 41.7 Å². The number of benzene rings is 3. The minimum atomic E-state index is -1.81. The molecular formula is C28H22O12. The number of rotatable bonds is 7. The molecule has 1 saturated heterocycles. The average Bonchev–Trinajstić information content (AvgIpc) is 3.72. The number of carbonyl (C=O) groups excluding carboxylic acids is 4. The maximum absolute atomic E-state index is 13.5. The third-order valence-electron chi connectivity index (χ3n) is 6.52. The van der Waals surface area contributed by atoms with Gasteiger partial charge in [0, 0.05) is 26.5 Å². The number of methoxy groups -OCH3 is 2. The fourth-order valence-corrected chi connectivity index (χ4v) is 5.05. The number of ketones is 1. The number of ether oxygens (including phenoxy) is 8. The van der Waals surface area contributed by atoms with Crippen LogP contribution in [0.4, 0.5) is 0 Å². The van der Waals surface area contributed by atoms with Crippen LogP contribution in [0.15, 0.2) is 42.5 Å². The third kappa shape index (κ3) is 4.04. The molecule has 0 aromatic heterocycles. The van der Waals surface area contributed by atoms with E-state index >= 15 is 0 Å². The Morgan fingerprint density at radius 2 is 1.45 bits per heavy atom. The van der Waals surface area contributed by atoms with Crippen LogP contribution in [0.2, 0.25) is 0 Å². The number of carbonyl (C=O) groups is 4. The molecule has 1 aliphatic carbocycles. The van der Waals surface area contributed by atoms with Crippen LogP contribution in [-0.4, -0.2) is 63.3 Å². The first kappa shape index (κ1) is 25.7. The molecule has 0 radical (unpaired) electrons. The summed E-state index contributed by atoms with van der Waals surface area (Å²) in [5.74, 6) is -3.54. The molecule has 0 bridgehead atoms. The van der Waals surface area contributed by atoms with Crippen LogP contribution in [0.5, 0.6) is 28.7 Å². The summed E-state index contributed by atoms with van der Waals surface area (Å²) < 4.78 is 44.8. The van der Waals surface area contributed by atoms with Crippen molar-refractivity contribution in [2.24, 2.45) is 0 Å².